The number of aromatic nitrogens is 3. The van der Waals surface area contributed by atoms with Gasteiger partial charge in [0.15, 0.2) is 22.3 Å². The summed E-state index contributed by atoms with van der Waals surface area (Å²) in [4.78, 5) is 18.6. The number of aryl methyl sites for hydroxylation is 1. The number of hydrogen-bond donors (Lipinski definition) is 0. The molecule has 1 amide bonds. The summed E-state index contributed by atoms with van der Waals surface area (Å²) in [6.07, 6.45) is -0.281. The first kappa shape index (κ1) is 26.2. The molecule has 12 heteroatoms. The molecule has 0 aliphatic carbocycles. The maximum atomic E-state index is 13.2. The van der Waals surface area contributed by atoms with Crippen LogP contribution in [0.1, 0.15) is 41.0 Å². The van der Waals surface area contributed by atoms with Crippen LogP contribution in [0, 0.1) is 6.92 Å². The largest absolute Gasteiger partial charge is 0.483 e. The van der Waals surface area contributed by atoms with E-state index in [0.717, 1.165) is 35.6 Å². The Labute approximate surface area is 201 Å². The molecule has 0 saturated carbocycles. The van der Waals surface area contributed by atoms with Crippen LogP contribution in [0.25, 0.3) is 5.82 Å². The van der Waals surface area contributed by atoms with Crippen LogP contribution in [0.3, 0.4) is 0 Å². The standard InChI is InChI=1S/C21H19F3N4O4S.C2H6/c1-13-5-6-25-19(7-13)28-10-14-9-27(11-17(14)26-28)20(29)16-8-15(33(2,30)31)3-4-18(16)32-12-21(22,23)24;1-2/h3-8,10H,9,11-12H2,1-2H3;1-2H3. The molecule has 0 saturated heterocycles. The molecular weight excluding hydrogens is 485 g/mol. The molecule has 35 heavy (non-hydrogen) atoms. The summed E-state index contributed by atoms with van der Waals surface area (Å²) in [5.74, 6) is -0.384. The zero-order valence-corrected chi connectivity index (χ0v) is 20.4. The summed E-state index contributed by atoms with van der Waals surface area (Å²) in [6, 6.07) is 6.91. The monoisotopic (exact) mass is 510 g/mol. The van der Waals surface area contributed by atoms with Crippen molar-refractivity contribution in [3.8, 4) is 11.6 Å². The van der Waals surface area contributed by atoms with Crippen LogP contribution in [0.15, 0.2) is 47.6 Å². The van der Waals surface area contributed by atoms with E-state index in [1.165, 1.54) is 4.90 Å². The minimum absolute atomic E-state index is 0.106. The molecule has 3 aromatic rings. The molecule has 4 rings (SSSR count). The highest BCUT2D eigenvalue weighted by Gasteiger charge is 2.32. The van der Waals surface area contributed by atoms with Gasteiger partial charge in [0.2, 0.25) is 0 Å². The molecule has 2 aromatic heterocycles. The van der Waals surface area contributed by atoms with Crippen LogP contribution in [0.5, 0.6) is 5.75 Å². The van der Waals surface area contributed by atoms with E-state index in [1.54, 1.807) is 17.1 Å². The van der Waals surface area contributed by atoms with Gasteiger partial charge in [-0.25, -0.2) is 18.1 Å². The molecule has 0 unspecified atom stereocenters. The first-order chi connectivity index (χ1) is 16.4. The predicted molar refractivity (Wildman–Crippen MR) is 122 cm³/mol. The molecule has 0 atom stereocenters. The second-order valence-electron chi connectivity index (χ2n) is 7.73. The topological polar surface area (TPSA) is 94.4 Å². The van der Waals surface area contributed by atoms with Crippen molar-refractivity contribution in [2.24, 2.45) is 0 Å². The molecule has 0 spiro atoms. The predicted octanol–water partition coefficient (Wildman–Crippen LogP) is 4.10. The van der Waals surface area contributed by atoms with Crippen molar-refractivity contribution < 1.29 is 31.1 Å². The van der Waals surface area contributed by atoms with Crippen molar-refractivity contribution in [3.63, 3.8) is 0 Å². The van der Waals surface area contributed by atoms with Gasteiger partial charge in [0.25, 0.3) is 5.91 Å². The molecule has 0 N–H and O–H groups in total. The number of carbonyl (C=O) groups excluding carboxylic acids is 1. The fraction of sp³-hybridized carbons (Fsp3) is 0.348. The average molecular weight is 511 g/mol. The van der Waals surface area contributed by atoms with Crippen molar-refractivity contribution in [1.29, 1.82) is 0 Å². The fourth-order valence-corrected chi connectivity index (χ4v) is 4.07. The minimum atomic E-state index is -4.62. The van der Waals surface area contributed by atoms with E-state index in [-0.39, 0.29) is 29.3 Å². The highest BCUT2D eigenvalue weighted by atomic mass is 32.2. The quantitative estimate of drug-likeness (QED) is 0.513. The first-order valence-electron chi connectivity index (χ1n) is 10.7. The molecule has 0 radical (unpaired) electrons. The Morgan fingerprint density at radius 1 is 1.14 bits per heavy atom. The molecule has 188 valence electrons. The molecule has 1 aromatic carbocycles. The van der Waals surface area contributed by atoms with E-state index in [2.05, 4.69) is 10.1 Å². The second kappa shape index (κ2) is 10.1. The Morgan fingerprint density at radius 2 is 1.86 bits per heavy atom. The number of alkyl halides is 3. The van der Waals surface area contributed by atoms with Crippen LogP contribution < -0.4 is 4.74 Å². The summed E-state index contributed by atoms with van der Waals surface area (Å²) in [5.41, 5.74) is 2.11. The Balaban J connectivity index is 0.00000167. The smallest absolute Gasteiger partial charge is 0.422 e. The van der Waals surface area contributed by atoms with Gasteiger partial charge in [0, 0.05) is 30.8 Å². The number of amides is 1. The molecular formula is C23H25F3N4O4S. The lowest BCUT2D eigenvalue weighted by Crippen LogP contribution is -2.27. The van der Waals surface area contributed by atoms with Gasteiger partial charge in [-0.05, 0) is 42.8 Å². The highest BCUT2D eigenvalue weighted by Crippen LogP contribution is 2.30. The Morgan fingerprint density at radius 3 is 2.46 bits per heavy atom. The van der Waals surface area contributed by atoms with Gasteiger partial charge in [0.1, 0.15) is 5.75 Å². The maximum absolute atomic E-state index is 13.2. The third kappa shape index (κ3) is 6.18. The van der Waals surface area contributed by atoms with Gasteiger partial charge >= 0.3 is 6.18 Å². The van der Waals surface area contributed by atoms with Gasteiger partial charge < -0.3 is 9.64 Å². The van der Waals surface area contributed by atoms with Crippen molar-refractivity contribution in [2.75, 3.05) is 12.9 Å². The van der Waals surface area contributed by atoms with Gasteiger partial charge in [-0.1, -0.05) is 13.8 Å². The first-order valence-corrected chi connectivity index (χ1v) is 12.6. The number of halogens is 3. The minimum Gasteiger partial charge on any atom is -0.483 e. The molecule has 1 aliphatic rings. The van der Waals surface area contributed by atoms with Gasteiger partial charge in [0.05, 0.1) is 22.7 Å². The second-order valence-corrected chi connectivity index (χ2v) is 9.75. The van der Waals surface area contributed by atoms with Gasteiger partial charge in [-0.15, -0.1) is 0 Å². The van der Waals surface area contributed by atoms with Crippen LogP contribution in [-0.2, 0) is 22.9 Å². The summed E-state index contributed by atoms with van der Waals surface area (Å²) < 4.78 is 68.2. The number of pyridine rings is 1. The summed E-state index contributed by atoms with van der Waals surface area (Å²) in [5, 5.41) is 4.46. The Kier molecular flexibility index (Phi) is 7.53. The van der Waals surface area contributed by atoms with Crippen LogP contribution >= 0.6 is 0 Å². The summed E-state index contributed by atoms with van der Waals surface area (Å²) >= 11 is 0. The molecule has 8 nitrogen and oxygen atoms in total. The normalized spacial score (nSPS) is 13.2. The van der Waals surface area contributed by atoms with Crippen molar-refractivity contribution >= 4 is 15.7 Å². The lowest BCUT2D eigenvalue weighted by atomic mass is 10.1. The van der Waals surface area contributed by atoms with E-state index in [4.69, 9.17) is 4.74 Å². The van der Waals surface area contributed by atoms with E-state index in [9.17, 15) is 26.4 Å². The zero-order chi connectivity index (χ0) is 26.0. The van der Waals surface area contributed by atoms with Crippen molar-refractivity contribution in [1.82, 2.24) is 19.7 Å². The number of fused-ring (bicyclic) bond motifs is 1. The van der Waals surface area contributed by atoms with Crippen molar-refractivity contribution in [3.05, 3.63) is 65.1 Å². The average Bonchev–Trinajstić information content (AvgIpc) is 3.37. The number of benzene rings is 1. The number of carbonyl (C=O) groups is 1. The van der Waals surface area contributed by atoms with Crippen molar-refractivity contribution in [2.45, 2.75) is 44.9 Å². The third-order valence-corrected chi connectivity index (χ3v) is 6.11. The molecule has 0 fully saturated rings. The molecule has 0 bridgehead atoms. The number of hydrogen-bond acceptors (Lipinski definition) is 6. The van der Waals surface area contributed by atoms with Gasteiger partial charge in [-0.2, -0.15) is 18.3 Å². The number of nitrogens with zero attached hydrogens (tertiary/aromatic N) is 4. The SMILES string of the molecule is CC.Cc1ccnc(-n2cc3c(n2)CN(C(=O)c2cc(S(C)(=O)=O)ccc2OCC(F)(F)F)C3)c1. The summed E-state index contributed by atoms with van der Waals surface area (Å²) in [7, 11) is -3.70. The van der Waals surface area contributed by atoms with Gasteiger partial charge in [-0.3, -0.25) is 4.79 Å². The molecule has 1 aliphatic heterocycles. The van der Waals surface area contributed by atoms with Crippen LogP contribution in [0.2, 0.25) is 0 Å². The maximum Gasteiger partial charge on any atom is 0.422 e. The van der Waals surface area contributed by atoms with E-state index in [1.807, 2.05) is 32.9 Å². The summed E-state index contributed by atoms with van der Waals surface area (Å²) in [6.45, 7) is 4.57. The van der Waals surface area contributed by atoms with E-state index >= 15 is 0 Å². The molecule has 3 heterocycles. The third-order valence-electron chi connectivity index (χ3n) is 5.00. The number of rotatable bonds is 5. The van der Waals surface area contributed by atoms with E-state index in [0.29, 0.717) is 11.5 Å². The Bertz CT molecular complexity index is 1310. The van der Waals surface area contributed by atoms with Crippen LogP contribution in [0.4, 0.5) is 13.2 Å². The Hall–Kier alpha value is -3.41. The highest BCUT2D eigenvalue weighted by molar-refractivity contribution is 7.90. The fourth-order valence-electron chi connectivity index (χ4n) is 3.42. The zero-order valence-electron chi connectivity index (χ0n) is 19.6. The lowest BCUT2D eigenvalue weighted by Gasteiger charge is -2.19. The van der Waals surface area contributed by atoms with E-state index < -0.39 is 28.5 Å². The number of ether oxygens (including phenoxy) is 1. The van der Waals surface area contributed by atoms with Crippen LogP contribution in [-0.4, -0.2) is 53.0 Å². The lowest BCUT2D eigenvalue weighted by molar-refractivity contribution is -0.153. The number of sulfone groups is 1.